The van der Waals surface area contributed by atoms with E-state index < -0.39 is 18.0 Å². The summed E-state index contributed by atoms with van der Waals surface area (Å²) in [6, 6.07) is 9.42. The van der Waals surface area contributed by atoms with Crippen molar-refractivity contribution in [2.45, 2.75) is 63.9 Å². The minimum Gasteiger partial charge on any atom is -0.488 e. The summed E-state index contributed by atoms with van der Waals surface area (Å²) >= 11 is 0. The molecule has 5 rings (SSSR count). The van der Waals surface area contributed by atoms with Crippen LogP contribution in [0.1, 0.15) is 57.0 Å². The number of carbonyl (C=O) groups is 1. The van der Waals surface area contributed by atoms with Crippen molar-refractivity contribution in [1.82, 2.24) is 25.3 Å². The van der Waals surface area contributed by atoms with Gasteiger partial charge in [0.25, 0.3) is 0 Å². The smallest absolute Gasteiger partial charge is 0.451 e. The lowest BCUT2D eigenvalue weighted by Gasteiger charge is -2.29. The molecular formula is C29H28F4N6O2. The molecule has 1 amide bonds. The normalized spacial score (nSPS) is 18.1. The van der Waals surface area contributed by atoms with Gasteiger partial charge in [0, 0.05) is 36.3 Å². The molecule has 214 valence electrons. The van der Waals surface area contributed by atoms with Gasteiger partial charge >= 0.3 is 6.18 Å². The van der Waals surface area contributed by atoms with Gasteiger partial charge in [0.1, 0.15) is 29.2 Å². The highest BCUT2D eigenvalue weighted by Crippen LogP contribution is 2.37. The molecule has 1 atom stereocenters. The number of alkyl halides is 3. The van der Waals surface area contributed by atoms with E-state index in [2.05, 4.69) is 30.6 Å². The third kappa shape index (κ3) is 6.69. The van der Waals surface area contributed by atoms with Crippen molar-refractivity contribution < 1.29 is 27.1 Å². The van der Waals surface area contributed by atoms with Crippen LogP contribution in [0.2, 0.25) is 0 Å². The molecule has 0 aliphatic heterocycles. The number of carbonyl (C=O) groups excluding carboxylic acids is 1. The van der Waals surface area contributed by atoms with E-state index in [1.165, 1.54) is 25.4 Å². The highest BCUT2D eigenvalue weighted by molar-refractivity contribution is 5.96. The molecule has 0 spiro atoms. The lowest BCUT2D eigenvalue weighted by molar-refractivity contribution is -0.145. The molecule has 0 bridgehead atoms. The van der Waals surface area contributed by atoms with Gasteiger partial charge in [-0.2, -0.15) is 13.2 Å². The first-order valence-electron chi connectivity index (χ1n) is 13.2. The molecule has 12 heteroatoms. The van der Waals surface area contributed by atoms with Gasteiger partial charge < -0.3 is 15.4 Å². The zero-order chi connectivity index (χ0) is 29.1. The van der Waals surface area contributed by atoms with Crippen molar-refractivity contribution in [2.75, 3.05) is 5.32 Å². The molecule has 1 aliphatic carbocycles. The van der Waals surface area contributed by atoms with Gasteiger partial charge in [0.2, 0.25) is 11.7 Å². The van der Waals surface area contributed by atoms with Crippen molar-refractivity contribution in [3.8, 4) is 16.9 Å². The van der Waals surface area contributed by atoms with E-state index in [0.717, 1.165) is 49.2 Å². The molecule has 2 N–H and O–H groups in total. The number of hydrogen-bond donors (Lipinski definition) is 2. The van der Waals surface area contributed by atoms with E-state index in [9.17, 15) is 22.4 Å². The summed E-state index contributed by atoms with van der Waals surface area (Å²) in [6.07, 6.45) is 1.99. The molecule has 0 radical (unpaired) electrons. The summed E-state index contributed by atoms with van der Waals surface area (Å²) in [6.45, 7) is 3.26. The fourth-order valence-corrected chi connectivity index (χ4v) is 4.94. The Balaban J connectivity index is 1.47. The van der Waals surface area contributed by atoms with Crippen LogP contribution < -0.4 is 15.4 Å². The van der Waals surface area contributed by atoms with Gasteiger partial charge in [-0.15, -0.1) is 0 Å². The first kappa shape index (κ1) is 28.2. The minimum absolute atomic E-state index is 0.0545. The maximum atomic E-state index is 13.7. The number of benzene rings is 2. The molecule has 0 unspecified atom stereocenters. The van der Waals surface area contributed by atoms with Crippen LogP contribution in [0.25, 0.3) is 22.0 Å². The number of nitrogens with one attached hydrogen (secondary N) is 2. The number of anilines is 1. The van der Waals surface area contributed by atoms with E-state index in [-0.39, 0.29) is 23.9 Å². The molecule has 1 saturated carbocycles. The third-order valence-electron chi connectivity index (χ3n) is 7.04. The molecule has 1 fully saturated rings. The highest BCUT2D eigenvalue weighted by atomic mass is 19.4. The first-order chi connectivity index (χ1) is 19.6. The minimum atomic E-state index is -4.63. The van der Waals surface area contributed by atoms with Crippen molar-refractivity contribution in [1.29, 1.82) is 0 Å². The molecule has 2 heterocycles. The average Bonchev–Trinajstić information content (AvgIpc) is 2.94. The van der Waals surface area contributed by atoms with Crippen LogP contribution in [0.15, 0.2) is 55.1 Å². The van der Waals surface area contributed by atoms with Crippen LogP contribution in [0, 0.1) is 5.82 Å². The summed E-state index contributed by atoms with van der Waals surface area (Å²) in [5.74, 6) is -0.662. The predicted octanol–water partition coefficient (Wildman–Crippen LogP) is 6.24. The Morgan fingerprint density at radius 2 is 1.66 bits per heavy atom. The summed E-state index contributed by atoms with van der Waals surface area (Å²) in [5.41, 5.74) is 2.49. The van der Waals surface area contributed by atoms with E-state index in [1.807, 2.05) is 12.1 Å². The predicted molar refractivity (Wildman–Crippen MR) is 144 cm³/mol. The van der Waals surface area contributed by atoms with E-state index in [1.54, 1.807) is 19.1 Å². The lowest BCUT2D eigenvalue weighted by atomic mass is 9.93. The fraction of sp³-hybridized carbons (Fsp3) is 0.345. The van der Waals surface area contributed by atoms with Crippen LogP contribution in [0.3, 0.4) is 0 Å². The van der Waals surface area contributed by atoms with Crippen LogP contribution in [-0.4, -0.2) is 38.0 Å². The largest absolute Gasteiger partial charge is 0.488 e. The van der Waals surface area contributed by atoms with Crippen LogP contribution in [0.4, 0.5) is 23.4 Å². The van der Waals surface area contributed by atoms with Gasteiger partial charge in [-0.25, -0.2) is 24.3 Å². The van der Waals surface area contributed by atoms with Crippen molar-refractivity contribution in [3.05, 3.63) is 72.3 Å². The zero-order valence-electron chi connectivity index (χ0n) is 22.4. The Hall–Kier alpha value is -4.35. The number of amides is 1. The maximum Gasteiger partial charge on any atom is 0.451 e. The number of nitrogens with zero attached hydrogens (tertiary/aromatic N) is 4. The Morgan fingerprint density at radius 3 is 2.29 bits per heavy atom. The zero-order valence-corrected chi connectivity index (χ0v) is 22.4. The second-order valence-corrected chi connectivity index (χ2v) is 10.1. The van der Waals surface area contributed by atoms with Gasteiger partial charge in [0.15, 0.2) is 0 Å². The van der Waals surface area contributed by atoms with E-state index >= 15 is 0 Å². The van der Waals surface area contributed by atoms with Crippen LogP contribution in [-0.2, 0) is 11.0 Å². The second kappa shape index (κ2) is 11.6. The molecule has 2 aromatic heterocycles. The number of rotatable bonds is 7. The lowest BCUT2D eigenvalue weighted by Crippen LogP contribution is -2.38. The molecule has 8 nitrogen and oxygen atoms in total. The van der Waals surface area contributed by atoms with Crippen molar-refractivity contribution >= 4 is 22.6 Å². The number of fused-ring (bicyclic) bond motifs is 1. The van der Waals surface area contributed by atoms with Crippen LogP contribution in [0.5, 0.6) is 5.75 Å². The third-order valence-corrected chi connectivity index (χ3v) is 7.04. The first-order valence-corrected chi connectivity index (χ1v) is 13.2. The molecule has 0 saturated heterocycles. The Morgan fingerprint density at radius 1 is 0.976 bits per heavy atom. The Bertz CT molecular complexity index is 1520. The summed E-state index contributed by atoms with van der Waals surface area (Å²) in [5, 5.41) is 6.82. The van der Waals surface area contributed by atoms with Crippen LogP contribution >= 0.6 is 0 Å². The average molecular weight is 569 g/mol. The molecular weight excluding hydrogens is 540 g/mol. The number of aromatic nitrogens is 4. The topological polar surface area (TPSA) is 102 Å². The molecule has 4 aromatic rings. The van der Waals surface area contributed by atoms with Crippen molar-refractivity contribution in [3.63, 3.8) is 0 Å². The number of hydrogen-bond acceptors (Lipinski definition) is 7. The fourth-order valence-electron chi connectivity index (χ4n) is 4.94. The Kier molecular flexibility index (Phi) is 8.00. The van der Waals surface area contributed by atoms with E-state index in [4.69, 9.17) is 4.74 Å². The number of ether oxygens (including phenoxy) is 1. The van der Waals surface area contributed by atoms with Gasteiger partial charge in [-0.3, -0.25) is 4.79 Å². The highest BCUT2D eigenvalue weighted by Gasteiger charge is 2.34. The second-order valence-electron chi connectivity index (χ2n) is 10.1. The van der Waals surface area contributed by atoms with E-state index in [0.29, 0.717) is 28.0 Å². The van der Waals surface area contributed by atoms with Gasteiger partial charge in [-0.1, -0.05) is 12.1 Å². The quantitative estimate of drug-likeness (QED) is 0.254. The SMILES string of the molecule is CC(=O)NC1CCC(Oc2cc(-c3ccc(F)cc3)cc3c(N[C@@H](C)c4cnc(C(F)(F)F)nc4)ncnc23)CC1. The maximum absolute atomic E-state index is 13.7. The molecule has 1 aliphatic rings. The molecule has 2 aromatic carbocycles. The number of halogens is 4. The Labute approximate surface area is 233 Å². The van der Waals surface area contributed by atoms with Gasteiger partial charge in [-0.05, 0) is 68.0 Å². The van der Waals surface area contributed by atoms with Gasteiger partial charge in [0.05, 0.1) is 12.1 Å². The van der Waals surface area contributed by atoms with Crippen molar-refractivity contribution in [2.24, 2.45) is 0 Å². The summed E-state index contributed by atoms with van der Waals surface area (Å²) in [7, 11) is 0. The monoisotopic (exact) mass is 568 g/mol. The summed E-state index contributed by atoms with van der Waals surface area (Å²) < 4.78 is 58.9. The summed E-state index contributed by atoms with van der Waals surface area (Å²) in [4.78, 5) is 27.2. The molecule has 41 heavy (non-hydrogen) atoms. The standard InChI is InChI=1S/C29H28F4N6O2/c1-16(20-13-34-28(35-14-20)29(31,32)33)38-27-24-11-19(18-3-5-21(30)6-4-18)12-25(26(24)36-15-37-27)41-23-9-7-22(8-10-23)39-17(2)40/h3-6,11-16,22-23H,7-10H2,1-2H3,(H,39,40)(H,36,37,38)/t16-,22?,23?/m0/s1.